The Hall–Kier alpha value is -1.44. The molecule has 0 bridgehead atoms. The Bertz CT molecular complexity index is 1070. The average Bonchev–Trinajstić information content (AvgIpc) is 3.20. The van der Waals surface area contributed by atoms with Crippen molar-refractivity contribution in [3.05, 3.63) is 36.5 Å². The second-order valence-corrected chi connectivity index (χ2v) is 19.3. The van der Waals surface area contributed by atoms with Gasteiger partial charge >= 0.3 is 0 Å². The van der Waals surface area contributed by atoms with Crippen molar-refractivity contribution in [2.24, 2.45) is 0 Å². The fourth-order valence-corrected chi connectivity index (χ4v) is 8.69. The second kappa shape index (κ2) is 46.1. The topological polar surface area (TPSA) is 104 Å². The average molecular weight is 850 g/mol. The van der Waals surface area contributed by atoms with Gasteiger partial charge in [-0.2, -0.15) is 8.42 Å². The van der Waals surface area contributed by atoms with Gasteiger partial charge in [-0.15, -0.1) is 0 Å². The first-order valence-electron chi connectivity index (χ1n) is 25.7. The summed E-state index contributed by atoms with van der Waals surface area (Å²) in [5, 5.41) is 13.3. The highest BCUT2D eigenvalue weighted by atomic mass is 32.2. The molecule has 0 aromatic carbocycles. The molecule has 0 saturated heterocycles. The van der Waals surface area contributed by atoms with Gasteiger partial charge in [0.25, 0.3) is 10.1 Å². The van der Waals surface area contributed by atoms with Gasteiger partial charge in [0.1, 0.15) is 0 Å². The SMILES string of the molecule is CCCCCCCCCCCCC/C=C/CC/C=C/CC/C=C/C(O)C(CS(=O)(=O)O)NC(=O)CCCCCCCCCCCCCCCCCCCCCCCCC. The van der Waals surface area contributed by atoms with Crippen LogP contribution in [0.25, 0.3) is 0 Å². The minimum atomic E-state index is -4.36. The predicted octanol–water partition coefficient (Wildman–Crippen LogP) is 16.0. The highest BCUT2D eigenvalue weighted by Gasteiger charge is 2.24. The van der Waals surface area contributed by atoms with Crippen molar-refractivity contribution in [1.29, 1.82) is 0 Å². The maximum atomic E-state index is 12.6. The van der Waals surface area contributed by atoms with Crippen LogP contribution in [0.3, 0.4) is 0 Å². The molecule has 0 radical (unpaired) electrons. The summed E-state index contributed by atoms with van der Waals surface area (Å²) in [5.41, 5.74) is 0. The zero-order chi connectivity index (χ0) is 43.2. The van der Waals surface area contributed by atoms with E-state index in [4.69, 9.17) is 0 Å². The van der Waals surface area contributed by atoms with Gasteiger partial charge in [-0.05, 0) is 44.9 Å². The van der Waals surface area contributed by atoms with Crippen LogP contribution >= 0.6 is 0 Å². The third-order valence-electron chi connectivity index (χ3n) is 11.8. The molecule has 348 valence electrons. The highest BCUT2D eigenvalue weighted by molar-refractivity contribution is 7.85. The minimum Gasteiger partial charge on any atom is -0.387 e. The summed E-state index contributed by atoms with van der Waals surface area (Å²) in [5.74, 6) is -0.999. The predicted molar refractivity (Wildman–Crippen MR) is 258 cm³/mol. The van der Waals surface area contributed by atoms with Crippen LogP contribution in [0.15, 0.2) is 36.5 Å². The fourth-order valence-electron chi connectivity index (χ4n) is 7.96. The van der Waals surface area contributed by atoms with E-state index in [1.165, 1.54) is 212 Å². The summed E-state index contributed by atoms with van der Waals surface area (Å²) in [6.45, 7) is 4.56. The minimum absolute atomic E-state index is 0.287. The van der Waals surface area contributed by atoms with E-state index in [1.54, 1.807) is 0 Å². The highest BCUT2D eigenvalue weighted by Crippen LogP contribution is 2.17. The quantitative estimate of drug-likeness (QED) is 0.0321. The van der Waals surface area contributed by atoms with Crippen molar-refractivity contribution >= 4 is 16.0 Å². The molecule has 6 nitrogen and oxygen atoms in total. The van der Waals surface area contributed by atoms with Gasteiger partial charge in [0, 0.05) is 6.42 Å². The molecule has 0 aromatic heterocycles. The van der Waals surface area contributed by atoms with Crippen LogP contribution in [-0.2, 0) is 14.9 Å². The van der Waals surface area contributed by atoms with Gasteiger partial charge < -0.3 is 10.4 Å². The molecule has 0 aliphatic heterocycles. The Morgan fingerprint density at radius 1 is 0.441 bits per heavy atom. The van der Waals surface area contributed by atoms with Gasteiger partial charge in [0.15, 0.2) is 0 Å². The number of rotatable bonds is 47. The van der Waals surface area contributed by atoms with Crippen molar-refractivity contribution in [3.8, 4) is 0 Å². The lowest BCUT2D eigenvalue weighted by atomic mass is 10.0. The number of carbonyl (C=O) groups excluding carboxylic acids is 1. The van der Waals surface area contributed by atoms with Gasteiger partial charge in [-0.25, -0.2) is 0 Å². The first kappa shape index (κ1) is 57.6. The molecule has 0 saturated carbocycles. The van der Waals surface area contributed by atoms with E-state index in [-0.39, 0.29) is 12.3 Å². The fraction of sp³-hybridized carbons (Fsp3) is 0.865. The third-order valence-corrected chi connectivity index (χ3v) is 12.6. The Kier molecular flexibility index (Phi) is 44.9. The molecular formula is C52H99NO5S. The summed E-state index contributed by atoms with van der Waals surface area (Å²) in [4.78, 5) is 12.6. The number of carbonyl (C=O) groups is 1. The maximum absolute atomic E-state index is 12.6. The molecule has 0 heterocycles. The molecular weight excluding hydrogens is 751 g/mol. The summed E-state index contributed by atoms with van der Waals surface area (Å²) in [7, 11) is -4.36. The Morgan fingerprint density at radius 2 is 0.729 bits per heavy atom. The van der Waals surface area contributed by atoms with E-state index in [1.807, 2.05) is 6.08 Å². The van der Waals surface area contributed by atoms with Crippen LogP contribution in [0.4, 0.5) is 0 Å². The second-order valence-electron chi connectivity index (χ2n) is 17.8. The third kappa shape index (κ3) is 47.5. The lowest BCUT2D eigenvalue weighted by Crippen LogP contribution is -2.46. The van der Waals surface area contributed by atoms with E-state index in [9.17, 15) is 22.9 Å². The normalized spacial score (nSPS) is 13.4. The van der Waals surface area contributed by atoms with Gasteiger partial charge in [-0.1, -0.05) is 256 Å². The molecule has 0 rings (SSSR count). The van der Waals surface area contributed by atoms with E-state index >= 15 is 0 Å². The Balaban J connectivity index is 3.83. The van der Waals surface area contributed by atoms with Crippen LogP contribution in [0.5, 0.6) is 0 Å². The van der Waals surface area contributed by atoms with Crippen LogP contribution in [0.2, 0.25) is 0 Å². The van der Waals surface area contributed by atoms with Crippen molar-refractivity contribution in [1.82, 2.24) is 5.32 Å². The van der Waals surface area contributed by atoms with Gasteiger partial charge in [0.05, 0.1) is 17.9 Å². The van der Waals surface area contributed by atoms with E-state index in [0.717, 1.165) is 38.5 Å². The molecule has 0 aliphatic rings. The van der Waals surface area contributed by atoms with Gasteiger partial charge in [0.2, 0.25) is 5.91 Å². The number of aliphatic hydroxyl groups excluding tert-OH is 1. The largest absolute Gasteiger partial charge is 0.387 e. The number of amides is 1. The van der Waals surface area contributed by atoms with E-state index in [0.29, 0.717) is 6.42 Å². The van der Waals surface area contributed by atoms with E-state index in [2.05, 4.69) is 43.5 Å². The number of aliphatic hydroxyl groups is 1. The summed E-state index contributed by atoms with van der Waals surface area (Å²) in [6, 6.07) is -1.08. The first-order valence-corrected chi connectivity index (χ1v) is 27.3. The summed E-state index contributed by atoms with van der Waals surface area (Å²) >= 11 is 0. The van der Waals surface area contributed by atoms with Crippen molar-refractivity contribution in [2.75, 3.05) is 5.75 Å². The summed E-state index contributed by atoms with van der Waals surface area (Å²) < 4.78 is 32.7. The number of nitrogens with one attached hydrogen (secondary N) is 1. The Morgan fingerprint density at radius 3 is 1.07 bits per heavy atom. The zero-order valence-electron chi connectivity index (χ0n) is 39.1. The molecule has 0 aromatic rings. The van der Waals surface area contributed by atoms with Crippen LogP contribution in [-0.4, -0.2) is 41.9 Å². The molecule has 7 heteroatoms. The standard InChI is InChI=1S/C52H99NO5S/c1-3-5-7-9-11-13-15-17-19-21-23-25-26-28-30-32-34-36-38-40-42-44-46-48-52(55)53-50(49-59(56,57)58)51(54)47-45-43-41-39-37-35-33-31-29-27-24-22-20-18-16-14-12-10-8-6-4-2/h29,31,37,39,45,47,50-51,54H,3-28,30,32-36,38,40-44,46,48-49H2,1-2H3,(H,53,55)(H,56,57,58)/b31-29+,39-37+,47-45+. The lowest BCUT2D eigenvalue weighted by Gasteiger charge is -2.21. The lowest BCUT2D eigenvalue weighted by molar-refractivity contribution is -0.122. The van der Waals surface area contributed by atoms with Crippen LogP contribution in [0, 0.1) is 0 Å². The molecule has 0 aliphatic carbocycles. The molecule has 2 unspecified atom stereocenters. The molecule has 3 N–H and O–H groups in total. The molecule has 0 spiro atoms. The smallest absolute Gasteiger partial charge is 0.267 e. The van der Waals surface area contributed by atoms with Gasteiger partial charge in [-0.3, -0.25) is 9.35 Å². The van der Waals surface area contributed by atoms with Crippen molar-refractivity contribution in [2.45, 2.75) is 283 Å². The van der Waals surface area contributed by atoms with Crippen LogP contribution in [0.1, 0.15) is 271 Å². The van der Waals surface area contributed by atoms with Crippen molar-refractivity contribution in [3.63, 3.8) is 0 Å². The van der Waals surface area contributed by atoms with Crippen LogP contribution < -0.4 is 5.32 Å². The molecule has 59 heavy (non-hydrogen) atoms. The zero-order valence-corrected chi connectivity index (χ0v) is 40.0. The first-order chi connectivity index (χ1) is 28.8. The number of hydrogen-bond donors (Lipinski definition) is 3. The molecule has 2 atom stereocenters. The Labute approximate surface area is 367 Å². The number of allylic oxidation sites excluding steroid dienone is 5. The number of hydrogen-bond acceptors (Lipinski definition) is 4. The van der Waals surface area contributed by atoms with E-state index < -0.39 is 28.0 Å². The van der Waals surface area contributed by atoms with Crippen molar-refractivity contribution < 1.29 is 22.9 Å². The monoisotopic (exact) mass is 850 g/mol. The molecule has 0 fully saturated rings. The number of unbranched alkanes of at least 4 members (excludes halogenated alkanes) is 35. The maximum Gasteiger partial charge on any atom is 0.267 e. The molecule has 1 amide bonds. The summed E-state index contributed by atoms with van der Waals surface area (Å²) in [6.07, 6.45) is 61.6.